The van der Waals surface area contributed by atoms with E-state index in [1.165, 1.54) is 12.4 Å². The lowest BCUT2D eigenvalue weighted by Crippen LogP contribution is -2.51. The van der Waals surface area contributed by atoms with Gasteiger partial charge in [-0.1, -0.05) is 18.2 Å². The van der Waals surface area contributed by atoms with Crippen LogP contribution < -0.4 is 20.3 Å². The van der Waals surface area contributed by atoms with Crippen molar-refractivity contribution in [1.29, 1.82) is 0 Å². The van der Waals surface area contributed by atoms with Crippen molar-refractivity contribution in [3.63, 3.8) is 0 Å². The van der Waals surface area contributed by atoms with Gasteiger partial charge in [-0.25, -0.2) is 5.48 Å². The van der Waals surface area contributed by atoms with Crippen molar-refractivity contribution in [2.24, 2.45) is 0 Å². The van der Waals surface area contributed by atoms with Crippen molar-refractivity contribution >= 4 is 11.8 Å². The van der Waals surface area contributed by atoms with Gasteiger partial charge in [0, 0.05) is 5.56 Å². The molecule has 3 rings (SSSR count). The number of hydrogen-bond donors (Lipinski definition) is 4. The number of amides is 2. The molecule has 0 saturated heterocycles. The van der Waals surface area contributed by atoms with Gasteiger partial charge in [-0.15, -0.1) is 0 Å². The molecule has 0 bridgehead atoms. The van der Waals surface area contributed by atoms with Gasteiger partial charge < -0.3 is 19.9 Å². The van der Waals surface area contributed by atoms with Gasteiger partial charge in [0.05, 0.1) is 6.10 Å². The van der Waals surface area contributed by atoms with E-state index in [2.05, 4.69) is 5.32 Å². The molecular weight excluding hydrogens is 340 g/mol. The van der Waals surface area contributed by atoms with Crippen molar-refractivity contribution in [3.8, 4) is 22.6 Å². The predicted molar refractivity (Wildman–Crippen MR) is 90.9 cm³/mol. The SMILES string of the molecule is C[C@@H](O)[C@H](NC(=O)c1ccc(-c2ccc3c(c2)OCO3)cc1)C(=O)NO. The third-order valence-electron chi connectivity index (χ3n) is 4.01. The second-order valence-corrected chi connectivity index (χ2v) is 5.81. The van der Waals surface area contributed by atoms with Crippen LogP contribution in [0.5, 0.6) is 11.5 Å². The smallest absolute Gasteiger partial charge is 0.268 e. The van der Waals surface area contributed by atoms with E-state index < -0.39 is 24.0 Å². The Hall–Kier alpha value is -3.10. The maximum Gasteiger partial charge on any atom is 0.268 e. The quantitative estimate of drug-likeness (QED) is 0.469. The highest BCUT2D eigenvalue weighted by atomic mass is 16.7. The average Bonchev–Trinajstić information content (AvgIpc) is 3.13. The fourth-order valence-electron chi connectivity index (χ4n) is 2.59. The number of hydroxylamine groups is 1. The summed E-state index contributed by atoms with van der Waals surface area (Å²) in [5.74, 6) is -0.0859. The molecule has 0 radical (unpaired) electrons. The maximum absolute atomic E-state index is 12.3. The van der Waals surface area contributed by atoms with E-state index in [-0.39, 0.29) is 6.79 Å². The van der Waals surface area contributed by atoms with E-state index in [4.69, 9.17) is 14.7 Å². The van der Waals surface area contributed by atoms with Crippen LogP contribution in [0.3, 0.4) is 0 Å². The second kappa shape index (κ2) is 7.42. The van der Waals surface area contributed by atoms with Gasteiger partial charge in [0.15, 0.2) is 11.5 Å². The zero-order valence-electron chi connectivity index (χ0n) is 13.9. The van der Waals surface area contributed by atoms with Crippen molar-refractivity contribution in [2.45, 2.75) is 19.1 Å². The van der Waals surface area contributed by atoms with E-state index in [1.807, 2.05) is 18.2 Å². The normalized spacial score (nSPS) is 14.4. The first-order valence-corrected chi connectivity index (χ1v) is 7.92. The number of aliphatic hydroxyl groups is 1. The minimum atomic E-state index is -1.26. The Morgan fingerprint density at radius 1 is 1.04 bits per heavy atom. The molecule has 8 heteroatoms. The number of aliphatic hydroxyl groups excluding tert-OH is 1. The van der Waals surface area contributed by atoms with E-state index in [0.29, 0.717) is 17.1 Å². The summed E-state index contributed by atoms with van der Waals surface area (Å²) >= 11 is 0. The van der Waals surface area contributed by atoms with E-state index in [0.717, 1.165) is 11.1 Å². The molecule has 0 spiro atoms. The summed E-state index contributed by atoms with van der Waals surface area (Å²) in [5, 5.41) is 20.6. The molecular formula is C18H18N2O6. The highest BCUT2D eigenvalue weighted by Gasteiger charge is 2.25. The third-order valence-corrected chi connectivity index (χ3v) is 4.01. The summed E-state index contributed by atoms with van der Waals surface area (Å²) in [4.78, 5) is 23.8. The average molecular weight is 358 g/mol. The van der Waals surface area contributed by atoms with Gasteiger partial charge >= 0.3 is 0 Å². The topological polar surface area (TPSA) is 117 Å². The van der Waals surface area contributed by atoms with Crippen LogP contribution in [-0.4, -0.2) is 41.1 Å². The number of benzene rings is 2. The van der Waals surface area contributed by atoms with Crippen LogP contribution in [0.4, 0.5) is 0 Å². The summed E-state index contributed by atoms with van der Waals surface area (Å²) in [7, 11) is 0. The molecule has 26 heavy (non-hydrogen) atoms. The van der Waals surface area contributed by atoms with Gasteiger partial charge in [-0.2, -0.15) is 0 Å². The lowest BCUT2D eigenvalue weighted by Gasteiger charge is -2.19. The number of rotatable bonds is 5. The van der Waals surface area contributed by atoms with E-state index in [9.17, 15) is 14.7 Å². The molecule has 2 amide bonds. The predicted octanol–water partition coefficient (Wildman–Crippen LogP) is 1.07. The van der Waals surface area contributed by atoms with Crippen LogP contribution >= 0.6 is 0 Å². The lowest BCUT2D eigenvalue weighted by molar-refractivity contribution is -0.133. The van der Waals surface area contributed by atoms with Crippen molar-refractivity contribution in [3.05, 3.63) is 48.0 Å². The summed E-state index contributed by atoms with van der Waals surface area (Å²) in [5.41, 5.74) is 3.51. The first-order chi connectivity index (χ1) is 12.5. The molecule has 136 valence electrons. The Bertz CT molecular complexity index is 819. The van der Waals surface area contributed by atoms with Crippen LogP contribution in [0.25, 0.3) is 11.1 Å². The number of carbonyl (C=O) groups excluding carboxylic acids is 2. The van der Waals surface area contributed by atoms with Crippen LogP contribution in [-0.2, 0) is 4.79 Å². The fourth-order valence-corrected chi connectivity index (χ4v) is 2.59. The van der Waals surface area contributed by atoms with Crippen molar-refractivity contribution < 1.29 is 29.4 Å². The van der Waals surface area contributed by atoms with E-state index in [1.54, 1.807) is 24.3 Å². The zero-order valence-corrected chi connectivity index (χ0v) is 13.9. The van der Waals surface area contributed by atoms with Gasteiger partial charge in [-0.05, 0) is 42.3 Å². The molecule has 1 aliphatic rings. The Labute approximate surface area is 149 Å². The Kier molecular flexibility index (Phi) is 5.06. The molecule has 1 heterocycles. The molecule has 0 fully saturated rings. The standard InChI is InChI=1S/C18H18N2O6/c1-10(21)16(18(23)20-24)19-17(22)12-4-2-11(3-5-12)13-6-7-14-15(8-13)26-9-25-14/h2-8,10,16,21,24H,9H2,1H3,(H,19,22)(H,20,23)/t10-,16+/m1/s1. The van der Waals surface area contributed by atoms with Crippen LogP contribution in [0.1, 0.15) is 17.3 Å². The molecule has 0 unspecified atom stereocenters. The number of carbonyl (C=O) groups is 2. The highest BCUT2D eigenvalue weighted by molar-refractivity contribution is 5.98. The maximum atomic E-state index is 12.3. The lowest BCUT2D eigenvalue weighted by atomic mass is 10.0. The Balaban J connectivity index is 1.74. The number of fused-ring (bicyclic) bond motifs is 1. The highest BCUT2D eigenvalue weighted by Crippen LogP contribution is 2.35. The fraction of sp³-hybridized carbons (Fsp3) is 0.222. The zero-order chi connectivity index (χ0) is 18.7. The molecule has 0 aliphatic carbocycles. The van der Waals surface area contributed by atoms with Gasteiger partial charge in [0.1, 0.15) is 6.04 Å². The van der Waals surface area contributed by atoms with Gasteiger partial charge in [0.2, 0.25) is 6.79 Å². The Morgan fingerprint density at radius 2 is 1.69 bits per heavy atom. The number of ether oxygens (including phenoxy) is 2. The Morgan fingerprint density at radius 3 is 2.35 bits per heavy atom. The van der Waals surface area contributed by atoms with Gasteiger partial charge in [-0.3, -0.25) is 14.8 Å². The van der Waals surface area contributed by atoms with Crippen LogP contribution in [0.15, 0.2) is 42.5 Å². The monoisotopic (exact) mass is 358 g/mol. The summed E-state index contributed by atoms with van der Waals surface area (Å²) in [6, 6.07) is 11.0. The second-order valence-electron chi connectivity index (χ2n) is 5.81. The van der Waals surface area contributed by atoms with Crippen molar-refractivity contribution in [1.82, 2.24) is 10.8 Å². The number of hydrogen-bond acceptors (Lipinski definition) is 6. The molecule has 8 nitrogen and oxygen atoms in total. The molecule has 1 aliphatic heterocycles. The van der Waals surface area contributed by atoms with Crippen LogP contribution in [0.2, 0.25) is 0 Å². The summed E-state index contributed by atoms with van der Waals surface area (Å²) < 4.78 is 10.6. The van der Waals surface area contributed by atoms with Crippen molar-refractivity contribution in [2.75, 3.05) is 6.79 Å². The first-order valence-electron chi connectivity index (χ1n) is 7.92. The van der Waals surface area contributed by atoms with Gasteiger partial charge in [0.25, 0.3) is 11.8 Å². The minimum absolute atomic E-state index is 0.198. The third kappa shape index (κ3) is 3.61. The molecule has 4 N–H and O–H groups in total. The largest absolute Gasteiger partial charge is 0.454 e. The molecule has 2 atom stereocenters. The number of nitrogens with one attached hydrogen (secondary N) is 2. The summed E-state index contributed by atoms with van der Waals surface area (Å²) in [6.07, 6.45) is -1.17. The molecule has 0 aromatic heterocycles. The minimum Gasteiger partial charge on any atom is -0.454 e. The molecule has 0 saturated carbocycles. The van der Waals surface area contributed by atoms with E-state index >= 15 is 0 Å². The summed E-state index contributed by atoms with van der Waals surface area (Å²) in [6.45, 7) is 1.53. The van der Waals surface area contributed by atoms with Crippen LogP contribution in [0, 0.1) is 0 Å². The first kappa shape index (κ1) is 17.7. The molecule has 2 aromatic rings. The molecule has 2 aromatic carbocycles.